The maximum absolute atomic E-state index is 11.0. The van der Waals surface area contributed by atoms with Crippen molar-refractivity contribution in [3.63, 3.8) is 0 Å². The van der Waals surface area contributed by atoms with E-state index in [-0.39, 0.29) is 31.5 Å². The fraction of sp³-hybridized carbons (Fsp3) is 0.750. The number of carbonyl (C=O) groups is 2. The molecule has 2 amide bonds. The number of hydrogen-bond acceptors (Lipinski definition) is 4. The molecule has 6 nitrogen and oxygen atoms in total. The average Bonchev–Trinajstić information content (AvgIpc) is 2.17. The maximum Gasteiger partial charge on any atom is 0.233 e. The Morgan fingerprint density at radius 2 is 1.57 bits per heavy atom. The third-order valence-corrected chi connectivity index (χ3v) is 1.71. The van der Waals surface area contributed by atoms with Crippen LogP contribution in [0, 0.1) is 0 Å². The molecule has 0 bridgehead atoms. The molecule has 0 atom stereocenters. The SMILES string of the molecule is CNC(=O)CN(CCO)CC(=O)NC. The highest BCUT2D eigenvalue weighted by Gasteiger charge is 2.11. The average molecular weight is 203 g/mol. The zero-order chi connectivity index (χ0) is 11.0. The Kier molecular flexibility index (Phi) is 6.69. The number of nitrogens with zero attached hydrogens (tertiary/aromatic N) is 1. The van der Waals surface area contributed by atoms with E-state index in [0.29, 0.717) is 6.54 Å². The van der Waals surface area contributed by atoms with Crippen molar-refractivity contribution < 1.29 is 14.7 Å². The van der Waals surface area contributed by atoms with E-state index in [4.69, 9.17) is 5.11 Å². The van der Waals surface area contributed by atoms with Gasteiger partial charge in [0.05, 0.1) is 19.7 Å². The van der Waals surface area contributed by atoms with Crippen LogP contribution in [0.5, 0.6) is 0 Å². The molecule has 0 rings (SSSR count). The van der Waals surface area contributed by atoms with Gasteiger partial charge in [-0.3, -0.25) is 14.5 Å². The lowest BCUT2D eigenvalue weighted by Gasteiger charge is -2.18. The fourth-order valence-electron chi connectivity index (χ4n) is 0.920. The number of amides is 2. The van der Waals surface area contributed by atoms with E-state index in [1.807, 2.05) is 0 Å². The Balaban J connectivity index is 4.00. The van der Waals surface area contributed by atoms with Gasteiger partial charge in [-0.2, -0.15) is 0 Å². The van der Waals surface area contributed by atoms with Crippen LogP contribution in [0.1, 0.15) is 0 Å². The highest BCUT2D eigenvalue weighted by molar-refractivity contribution is 5.80. The minimum atomic E-state index is -0.178. The molecule has 0 aliphatic heterocycles. The van der Waals surface area contributed by atoms with Gasteiger partial charge >= 0.3 is 0 Å². The predicted molar refractivity (Wildman–Crippen MR) is 51.7 cm³/mol. The molecule has 0 saturated heterocycles. The summed E-state index contributed by atoms with van der Waals surface area (Å²) in [4.78, 5) is 23.6. The van der Waals surface area contributed by atoms with Crippen molar-refractivity contribution in [1.29, 1.82) is 0 Å². The number of likely N-dealkylation sites (N-methyl/N-ethyl adjacent to an activating group) is 2. The summed E-state index contributed by atoms with van der Waals surface area (Å²) in [5.74, 6) is -0.357. The monoisotopic (exact) mass is 203 g/mol. The molecule has 0 radical (unpaired) electrons. The van der Waals surface area contributed by atoms with Crippen LogP contribution in [0.15, 0.2) is 0 Å². The Morgan fingerprint density at radius 1 is 1.14 bits per heavy atom. The predicted octanol–water partition coefficient (Wildman–Crippen LogP) is -2.23. The van der Waals surface area contributed by atoms with E-state index in [0.717, 1.165) is 0 Å². The number of carbonyl (C=O) groups excluding carboxylic acids is 2. The van der Waals surface area contributed by atoms with E-state index < -0.39 is 0 Å². The first kappa shape index (κ1) is 12.9. The first-order valence-corrected chi connectivity index (χ1v) is 4.38. The molecule has 0 aromatic rings. The molecule has 14 heavy (non-hydrogen) atoms. The molecule has 0 aromatic carbocycles. The van der Waals surface area contributed by atoms with Crippen molar-refractivity contribution in [3.05, 3.63) is 0 Å². The Labute approximate surface area is 83.3 Å². The standard InChI is InChI=1S/C8H17N3O3/c1-9-7(13)5-11(3-4-12)6-8(14)10-2/h12H,3-6H2,1-2H3,(H,9,13)(H,10,14). The summed E-state index contributed by atoms with van der Waals surface area (Å²) < 4.78 is 0. The smallest absolute Gasteiger partial charge is 0.233 e. The number of rotatable bonds is 6. The highest BCUT2D eigenvalue weighted by Crippen LogP contribution is 1.87. The normalized spacial score (nSPS) is 10.0. The van der Waals surface area contributed by atoms with Crippen molar-refractivity contribution in [2.45, 2.75) is 0 Å². The summed E-state index contributed by atoms with van der Waals surface area (Å²) in [7, 11) is 3.05. The molecule has 0 saturated carbocycles. The van der Waals surface area contributed by atoms with Gasteiger partial charge in [-0.1, -0.05) is 0 Å². The Morgan fingerprint density at radius 3 is 1.86 bits per heavy atom. The van der Waals surface area contributed by atoms with Crippen LogP contribution in [0.3, 0.4) is 0 Å². The fourth-order valence-corrected chi connectivity index (χ4v) is 0.920. The number of aliphatic hydroxyl groups excluding tert-OH is 1. The Bertz CT molecular complexity index is 178. The zero-order valence-corrected chi connectivity index (χ0v) is 8.54. The van der Waals surface area contributed by atoms with Gasteiger partial charge in [0.15, 0.2) is 0 Å². The van der Waals surface area contributed by atoms with E-state index in [9.17, 15) is 9.59 Å². The summed E-state index contributed by atoms with van der Waals surface area (Å²) in [5, 5.41) is 13.6. The van der Waals surface area contributed by atoms with E-state index in [2.05, 4.69) is 10.6 Å². The van der Waals surface area contributed by atoms with Crippen molar-refractivity contribution in [2.75, 3.05) is 40.3 Å². The van der Waals surface area contributed by atoms with Crippen LogP contribution < -0.4 is 10.6 Å². The van der Waals surface area contributed by atoms with Gasteiger partial charge in [0, 0.05) is 20.6 Å². The zero-order valence-electron chi connectivity index (χ0n) is 8.54. The summed E-state index contributed by atoms with van der Waals surface area (Å²) in [5.41, 5.74) is 0. The van der Waals surface area contributed by atoms with Crippen LogP contribution >= 0.6 is 0 Å². The van der Waals surface area contributed by atoms with E-state index in [1.165, 1.54) is 14.1 Å². The molecule has 82 valence electrons. The van der Waals surface area contributed by atoms with Gasteiger partial charge in [-0.05, 0) is 0 Å². The molecule has 0 aliphatic carbocycles. The van der Waals surface area contributed by atoms with Crippen LogP contribution in [0.25, 0.3) is 0 Å². The minimum absolute atomic E-state index is 0.0754. The minimum Gasteiger partial charge on any atom is -0.395 e. The van der Waals surface area contributed by atoms with Crippen LogP contribution in [0.2, 0.25) is 0 Å². The molecule has 6 heteroatoms. The van der Waals surface area contributed by atoms with E-state index >= 15 is 0 Å². The lowest BCUT2D eigenvalue weighted by Crippen LogP contribution is -2.42. The molecular weight excluding hydrogens is 186 g/mol. The summed E-state index contributed by atoms with van der Waals surface area (Å²) in [6, 6.07) is 0. The molecule has 0 aromatic heterocycles. The van der Waals surface area contributed by atoms with Gasteiger partial charge in [-0.15, -0.1) is 0 Å². The van der Waals surface area contributed by atoms with Crippen molar-refractivity contribution in [3.8, 4) is 0 Å². The van der Waals surface area contributed by atoms with Crippen molar-refractivity contribution in [1.82, 2.24) is 15.5 Å². The second-order valence-electron chi connectivity index (χ2n) is 2.78. The molecular formula is C8H17N3O3. The van der Waals surface area contributed by atoms with Crippen LogP contribution in [-0.2, 0) is 9.59 Å². The third kappa shape index (κ3) is 5.50. The van der Waals surface area contributed by atoms with Crippen molar-refractivity contribution >= 4 is 11.8 Å². The Hall–Kier alpha value is -1.14. The molecule has 0 aliphatic rings. The topological polar surface area (TPSA) is 81.7 Å². The summed E-state index contributed by atoms with van der Waals surface area (Å²) in [6.45, 7) is 0.462. The maximum atomic E-state index is 11.0. The molecule has 0 heterocycles. The van der Waals surface area contributed by atoms with Gasteiger partial charge in [-0.25, -0.2) is 0 Å². The molecule has 0 fully saturated rings. The van der Waals surface area contributed by atoms with Gasteiger partial charge in [0.2, 0.25) is 11.8 Å². The van der Waals surface area contributed by atoms with E-state index in [1.54, 1.807) is 4.90 Å². The van der Waals surface area contributed by atoms with Gasteiger partial charge in [0.1, 0.15) is 0 Å². The number of aliphatic hydroxyl groups is 1. The van der Waals surface area contributed by atoms with Crippen LogP contribution in [-0.4, -0.2) is 62.2 Å². The van der Waals surface area contributed by atoms with Crippen LogP contribution in [0.4, 0.5) is 0 Å². The number of hydrogen-bond donors (Lipinski definition) is 3. The van der Waals surface area contributed by atoms with Gasteiger partial charge < -0.3 is 15.7 Å². The van der Waals surface area contributed by atoms with Crippen molar-refractivity contribution in [2.24, 2.45) is 0 Å². The first-order valence-electron chi connectivity index (χ1n) is 4.38. The second-order valence-corrected chi connectivity index (χ2v) is 2.78. The second kappa shape index (κ2) is 7.28. The third-order valence-electron chi connectivity index (χ3n) is 1.71. The molecule has 0 spiro atoms. The summed E-state index contributed by atoms with van der Waals surface area (Å²) in [6.07, 6.45) is 0. The molecule has 3 N–H and O–H groups in total. The first-order chi connectivity index (χ1) is 6.63. The number of nitrogens with one attached hydrogen (secondary N) is 2. The summed E-state index contributed by atoms with van der Waals surface area (Å²) >= 11 is 0. The quantitative estimate of drug-likeness (QED) is 0.456. The highest BCUT2D eigenvalue weighted by atomic mass is 16.3. The largest absolute Gasteiger partial charge is 0.395 e. The molecule has 0 unspecified atom stereocenters. The lowest BCUT2D eigenvalue weighted by molar-refractivity contribution is -0.124. The van der Waals surface area contributed by atoms with Gasteiger partial charge in [0.25, 0.3) is 0 Å². The lowest BCUT2D eigenvalue weighted by atomic mass is 10.4.